The lowest BCUT2D eigenvalue weighted by Crippen LogP contribution is -2.39. The van der Waals surface area contributed by atoms with Gasteiger partial charge in [0, 0.05) is 6.54 Å². The fraction of sp³-hybridized carbons (Fsp3) is 1.00. The van der Waals surface area contributed by atoms with Crippen molar-refractivity contribution in [2.45, 2.75) is 19.0 Å². The molecular formula is C8H18NP. The Morgan fingerprint density at radius 3 is 2.70 bits per heavy atom. The highest BCUT2D eigenvalue weighted by atomic mass is 31.1. The first-order chi connectivity index (χ1) is 4.79. The van der Waals surface area contributed by atoms with Gasteiger partial charge in [0.25, 0.3) is 0 Å². The lowest BCUT2D eigenvalue weighted by atomic mass is 10.0. The molecule has 0 bridgehead atoms. The van der Waals surface area contributed by atoms with Crippen LogP contribution in [0, 0.1) is 5.92 Å². The summed E-state index contributed by atoms with van der Waals surface area (Å²) in [5, 5.41) is 3.28. The minimum absolute atomic E-state index is 0.405. The quantitative estimate of drug-likeness (QED) is 0.618. The molecule has 1 heterocycles. The third-order valence-electron chi connectivity index (χ3n) is 2.57. The van der Waals surface area contributed by atoms with Gasteiger partial charge in [-0.25, -0.2) is 0 Å². The highest BCUT2D eigenvalue weighted by Gasteiger charge is 2.35. The Kier molecular flexibility index (Phi) is 3.13. The molecule has 3 unspecified atom stereocenters. The fourth-order valence-electron chi connectivity index (χ4n) is 1.78. The van der Waals surface area contributed by atoms with E-state index in [1.807, 2.05) is 0 Å². The van der Waals surface area contributed by atoms with E-state index in [-0.39, 0.29) is 0 Å². The molecule has 1 N–H and O–H groups in total. The average molecular weight is 159 g/mol. The van der Waals surface area contributed by atoms with Gasteiger partial charge in [-0.1, -0.05) is 13.3 Å². The second kappa shape index (κ2) is 3.69. The Balaban J connectivity index is 2.25. The van der Waals surface area contributed by atoms with Gasteiger partial charge in [0.2, 0.25) is 0 Å². The number of nitrogens with one attached hydrogen (secondary N) is 1. The molecule has 1 fully saturated rings. The number of rotatable bonds is 3. The first kappa shape index (κ1) is 8.49. The van der Waals surface area contributed by atoms with Crippen molar-refractivity contribution in [1.29, 1.82) is 0 Å². The Morgan fingerprint density at radius 2 is 2.30 bits per heavy atom. The van der Waals surface area contributed by atoms with Crippen molar-refractivity contribution < 1.29 is 0 Å². The van der Waals surface area contributed by atoms with Crippen molar-refractivity contribution in [3.63, 3.8) is 0 Å². The molecule has 1 nitrogen and oxygen atoms in total. The Labute approximate surface area is 65.3 Å². The van der Waals surface area contributed by atoms with E-state index in [2.05, 4.69) is 26.0 Å². The molecule has 0 spiro atoms. The topological polar surface area (TPSA) is 12.0 Å². The third kappa shape index (κ3) is 1.52. The van der Waals surface area contributed by atoms with Gasteiger partial charge in [0.1, 0.15) is 0 Å². The molecule has 1 rings (SSSR count). The van der Waals surface area contributed by atoms with E-state index in [1.165, 1.54) is 19.1 Å². The molecule has 0 amide bonds. The minimum atomic E-state index is 0.405. The second-order valence-corrected chi connectivity index (χ2v) is 5.78. The molecule has 0 saturated carbocycles. The summed E-state index contributed by atoms with van der Waals surface area (Å²) in [5.41, 5.74) is 1.03. The fourth-order valence-corrected chi connectivity index (χ4v) is 4.44. The van der Waals surface area contributed by atoms with Gasteiger partial charge in [-0.2, -0.15) is 0 Å². The summed E-state index contributed by atoms with van der Waals surface area (Å²) in [6, 6.07) is 0. The first-order valence-electron chi connectivity index (χ1n) is 4.14. The summed E-state index contributed by atoms with van der Waals surface area (Å²) in [7, 11) is 2.47. The molecule has 1 saturated heterocycles. The molecule has 60 valence electrons. The number of hydrogen-bond acceptors (Lipinski definition) is 1. The van der Waals surface area contributed by atoms with Crippen LogP contribution in [0.25, 0.3) is 0 Å². The van der Waals surface area contributed by atoms with E-state index >= 15 is 0 Å². The third-order valence-corrected chi connectivity index (χ3v) is 5.35. The van der Waals surface area contributed by atoms with Crippen LogP contribution in [0.15, 0.2) is 0 Å². The molecule has 1 aliphatic rings. The predicted molar refractivity (Wildman–Crippen MR) is 49.2 cm³/mol. The maximum absolute atomic E-state index is 3.28. The van der Waals surface area contributed by atoms with Crippen molar-refractivity contribution in [2.24, 2.45) is 5.92 Å². The van der Waals surface area contributed by atoms with Crippen LogP contribution >= 0.6 is 7.92 Å². The largest absolute Gasteiger partial charge is 0.319 e. The van der Waals surface area contributed by atoms with Crippen molar-refractivity contribution in [3.8, 4) is 0 Å². The summed E-state index contributed by atoms with van der Waals surface area (Å²) in [6.07, 6.45) is 2.91. The van der Waals surface area contributed by atoms with Crippen molar-refractivity contribution >= 4 is 7.92 Å². The average Bonchev–Trinajstić information content (AvgIpc) is 1.95. The lowest BCUT2D eigenvalue weighted by molar-refractivity contribution is 0.477. The van der Waals surface area contributed by atoms with Crippen molar-refractivity contribution in [3.05, 3.63) is 0 Å². The van der Waals surface area contributed by atoms with E-state index in [1.54, 1.807) is 0 Å². The molecule has 10 heavy (non-hydrogen) atoms. The van der Waals surface area contributed by atoms with Crippen LogP contribution in [-0.4, -0.2) is 32.1 Å². The van der Waals surface area contributed by atoms with Crippen LogP contribution in [0.5, 0.6) is 0 Å². The van der Waals surface area contributed by atoms with Crippen LogP contribution < -0.4 is 5.32 Å². The normalized spacial score (nSPS) is 39.3. The highest BCUT2D eigenvalue weighted by Crippen LogP contribution is 2.54. The van der Waals surface area contributed by atoms with Crippen LogP contribution in [0.1, 0.15) is 13.3 Å². The van der Waals surface area contributed by atoms with E-state index in [4.69, 9.17) is 0 Å². The number of hydrogen-bond donors (Lipinski definition) is 1. The molecular weight excluding hydrogens is 141 g/mol. The molecule has 0 aromatic rings. The summed E-state index contributed by atoms with van der Waals surface area (Å²) in [4.78, 5) is 0. The Hall–Kier alpha value is 0.390. The Morgan fingerprint density at radius 1 is 1.60 bits per heavy atom. The second-order valence-electron chi connectivity index (χ2n) is 3.23. The maximum Gasteiger partial charge on any atom is 0.00186 e. The molecule has 1 aliphatic heterocycles. The molecule has 0 radical (unpaired) electrons. The van der Waals surface area contributed by atoms with E-state index < -0.39 is 0 Å². The van der Waals surface area contributed by atoms with E-state index in [0.717, 1.165) is 11.6 Å². The highest BCUT2D eigenvalue weighted by molar-refractivity contribution is 7.59. The van der Waals surface area contributed by atoms with E-state index in [0.29, 0.717) is 7.92 Å². The Bertz CT molecular complexity index is 105. The van der Waals surface area contributed by atoms with Gasteiger partial charge in [0.15, 0.2) is 0 Å². The monoisotopic (exact) mass is 159 g/mol. The molecule has 3 atom stereocenters. The van der Waals surface area contributed by atoms with Gasteiger partial charge >= 0.3 is 0 Å². The first-order valence-corrected chi connectivity index (χ1v) is 6.18. The van der Waals surface area contributed by atoms with Crippen molar-refractivity contribution in [1.82, 2.24) is 5.32 Å². The van der Waals surface area contributed by atoms with Crippen LogP contribution in [0.4, 0.5) is 0 Å². The smallest absolute Gasteiger partial charge is 0.00186 e. The molecule has 0 aliphatic carbocycles. The van der Waals surface area contributed by atoms with Crippen LogP contribution in [0.3, 0.4) is 0 Å². The zero-order valence-electron chi connectivity index (χ0n) is 7.22. The maximum atomic E-state index is 3.28. The van der Waals surface area contributed by atoms with Crippen LogP contribution in [0.2, 0.25) is 0 Å². The molecule has 0 aromatic heterocycles. The lowest BCUT2D eigenvalue weighted by Gasteiger charge is -2.43. The standard InChI is InChI=1S/C8H18NP/c1-4-7-6-10(3)8(7)5-9-2/h7-9H,4-6H2,1-3H3. The summed E-state index contributed by atoms with van der Waals surface area (Å²) in [5.74, 6) is 1.04. The van der Waals surface area contributed by atoms with Crippen LogP contribution in [-0.2, 0) is 0 Å². The minimum Gasteiger partial charge on any atom is -0.319 e. The SMILES string of the molecule is CCC1CP(C)C1CNC. The van der Waals surface area contributed by atoms with Crippen molar-refractivity contribution in [2.75, 3.05) is 26.4 Å². The summed E-state index contributed by atoms with van der Waals surface area (Å²) in [6.45, 7) is 6.00. The van der Waals surface area contributed by atoms with E-state index in [9.17, 15) is 0 Å². The summed E-state index contributed by atoms with van der Waals surface area (Å²) < 4.78 is 0. The zero-order valence-corrected chi connectivity index (χ0v) is 8.12. The van der Waals surface area contributed by atoms with Gasteiger partial charge in [-0.3, -0.25) is 0 Å². The molecule has 2 heteroatoms. The van der Waals surface area contributed by atoms with Gasteiger partial charge < -0.3 is 5.32 Å². The zero-order chi connectivity index (χ0) is 7.56. The summed E-state index contributed by atoms with van der Waals surface area (Å²) >= 11 is 0. The molecule has 0 aromatic carbocycles. The van der Waals surface area contributed by atoms with Gasteiger partial charge in [-0.15, -0.1) is 7.92 Å². The predicted octanol–water partition coefficient (Wildman–Crippen LogP) is 1.73. The van der Waals surface area contributed by atoms with Gasteiger partial charge in [-0.05, 0) is 31.5 Å². The van der Waals surface area contributed by atoms with Gasteiger partial charge in [0.05, 0.1) is 0 Å².